The van der Waals surface area contributed by atoms with E-state index in [1.807, 2.05) is 0 Å². The van der Waals surface area contributed by atoms with Gasteiger partial charge in [-0.1, -0.05) is 18.9 Å². The van der Waals surface area contributed by atoms with E-state index in [1.165, 1.54) is 4.31 Å². The van der Waals surface area contributed by atoms with Crippen molar-refractivity contribution >= 4 is 21.6 Å². The van der Waals surface area contributed by atoms with E-state index < -0.39 is 10.0 Å². The molecule has 1 N–H and O–H groups in total. The number of carbonyl (C=O) groups is 1. The van der Waals surface area contributed by atoms with Crippen molar-refractivity contribution in [2.75, 3.05) is 18.4 Å². The van der Waals surface area contributed by atoms with E-state index >= 15 is 0 Å². The molecular weight excluding hydrogens is 300 g/mol. The fraction of sp³-hybridized carbons (Fsp3) is 0.562. The largest absolute Gasteiger partial charge is 0.326 e. The van der Waals surface area contributed by atoms with Gasteiger partial charge in [0.2, 0.25) is 15.9 Å². The molecule has 1 amide bonds. The van der Waals surface area contributed by atoms with Crippen molar-refractivity contribution in [1.82, 2.24) is 4.31 Å². The first kappa shape index (κ1) is 15.5. The maximum Gasteiger partial charge on any atom is 0.243 e. The fourth-order valence-corrected chi connectivity index (χ4v) is 4.81. The van der Waals surface area contributed by atoms with Gasteiger partial charge < -0.3 is 5.32 Å². The van der Waals surface area contributed by atoms with Crippen molar-refractivity contribution in [2.45, 2.75) is 43.4 Å². The van der Waals surface area contributed by atoms with Crippen LogP contribution in [0.25, 0.3) is 0 Å². The summed E-state index contributed by atoms with van der Waals surface area (Å²) in [5.74, 6) is 0.0760. The molecule has 1 saturated heterocycles. The number of nitrogens with zero attached hydrogens (tertiary/aromatic N) is 1. The van der Waals surface area contributed by atoms with Crippen LogP contribution in [0.15, 0.2) is 29.2 Å². The molecule has 1 aliphatic carbocycles. The molecule has 1 aromatic rings. The van der Waals surface area contributed by atoms with Gasteiger partial charge in [-0.3, -0.25) is 4.79 Å². The molecule has 1 heterocycles. The summed E-state index contributed by atoms with van der Waals surface area (Å²) in [4.78, 5) is 12.4. The van der Waals surface area contributed by atoms with E-state index in [2.05, 4.69) is 5.32 Å². The number of hydrogen-bond acceptors (Lipinski definition) is 3. The minimum Gasteiger partial charge on any atom is -0.326 e. The summed E-state index contributed by atoms with van der Waals surface area (Å²) >= 11 is 0. The molecule has 0 radical (unpaired) electrons. The lowest BCUT2D eigenvalue weighted by Crippen LogP contribution is -2.28. The maximum absolute atomic E-state index is 12.5. The summed E-state index contributed by atoms with van der Waals surface area (Å²) in [6.07, 6.45) is 5.88. The molecule has 5 nitrogen and oxygen atoms in total. The number of anilines is 1. The first-order chi connectivity index (χ1) is 10.6. The minimum absolute atomic E-state index is 0.00761. The Kier molecular flexibility index (Phi) is 4.49. The third-order valence-electron chi connectivity index (χ3n) is 4.53. The monoisotopic (exact) mass is 322 g/mol. The highest BCUT2D eigenvalue weighted by atomic mass is 32.2. The lowest BCUT2D eigenvalue weighted by molar-refractivity contribution is -0.119. The zero-order valence-corrected chi connectivity index (χ0v) is 13.4. The Morgan fingerprint density at radius 1 is 1.09 bits per heavy atom. The molecule has 0 unspecified atom stereocenters. The number of nitrogens with one attached hydrogen (secondary N) is 1. The van der Waals surface area contributed by atoms with Crippen LogP contribution in [-0.4, -0.2) is 31.7 Å². The van der Waals surface area contributed by atoms with Gasteiger partial charge in [0.15, 0.2) is 0 Å². The van der Waals surface area contributed by atoms with Crippen LogP contribution in [0.4, 0.5) is 5.69 Å². The molecule has 6 heteroatoms. The Bertz CT molecular complexity index is 645. The van der Waals surface area contributed by atoms with Crippen LogP contribution in [0.3, 0.4) is 0 Å². The van der Waals surface area contributed by atoms with Crippen molar-refractivity contribution in [3.63, 3.8) is 0 Å². The Labute approximate surface area is 131 Å². The molecule has 0 atom stereocenters. The summed E-state index contributed by atoms with van der Waals surface area (Å²) < 4.78 is 26.6. The van der Waals surface area contributed by atoms with Crippen molar-refractivity contribution in [1.29, 1.82) is 0 Å². The Morgan fingerprint density at radius 2 is 1.77 bits per heavy atom. The van der Waals surface area contributed by atoms with Crippen LogP contribution in [0.2, 0.25) is 0 Å². The molecule has 0 spiro atoms. The Morgan fingerprint density at radius 3 is 2.45 bits per heavy atom. The number of amides is 1. The molecule has 1 aliphatic heterocycles. The number of hydrogen-bond donors (Lipinski definition) is 1. The SMILES string of the molecule is O=C(Nc1cccc(S(=O)(=O)N2CCCC2)c1)C1CCCC1. The topological polar surface area (TPSA) is 66.5 Å². The molecule has 22 heavy (non-hydrogen) atoms. The standard InChI is InChI=1S/C16H22N2O3S/c19-16(13-6-1-2-7-13)17-14-8-5-9-15(12-14)22(20,21)18-10-3-4-11-18/h5,8-9,12-13H,1-4,6-7,10-11H2,(H,17,19). The molecule has 3 rings (SSSR count). The Balaban J connectivity index is 1.76. The van der Waals surface area contributed by atoms with E-state index in [0.717, 1.165) is 38.5 Å². The van der Waals surface area contributed by atoms with Gasteiger partial charge in [-0.15, -0.1) is 0 Å². The quantitative estimate of drug-likeness (QED) is 0.926. The van der Waals surface area contributed by atoms with Gasteiger partial charge in [0.1, 0.15) is 0 Å². The van der Waals surface area contributed by atoms with Crippen LogP contribution in [0.1, 0.15) is 38.5 Å². The summed E-state index contributed by atoms with van der Waals surface area (Å²) in [6.45, 7) is 1.17. The summed E-state index contributed by atoms with van der Waals surface area (Å²) in [5, 5.41) is 2.87. The molecular formula is C16H22N2O3S. The van der Waals surface area contributed by atoms with Crippen LogP contribution in [0.5, 0.6) is 0 Å². The van der Waals surface area contributed by atoms with Gasteiger partial charge in [-0.25, -0.2) is 8.42 Å². The van der Waals surface area contributed by atoms with E-state index in [4.69, 9.17) is 0 Å². The molecule has 0 bridgehead atoms. The highest BCUT2D eigenvalue weighted by Crippen LogP contribution is 2.27. The average molecular weight is 322 g/mol. The van der Waals surface area contributed by atoms with Gasteiger partial charge in [-0.05, 0) is 43.9 Å². The molecule has 0 aromatic heterocycles. The predicted molar refractivity (Wildman–Crippen MR) is 85.0 cm³/mol. The molecule has 2 aliphatic rings. The number of sulfonamides is 1. The zero-order chi connectivity index (χ0) is 15.6. The van der Waals surface area contributed by atoms with E-state index in [9.17, 15) is 13.2 Å². The lowest BCUT2D eigenvalue weighted by Gasteiger charge is -2.16. The molecule has 1 aromatic carbocycles. The zero-order valence-electron chi connectivity index (χ0n) is 12.6. The first-order valence-corrected chi connectivity index (χ1v) is 9.42. The van der Waals surface area contributed by atoms with Crippen LogP contribution in [-0.2, 0) is 14.8 Å². The normalized spacial score (nSPS) is 20.4. The van der Waals surface area contributed by atoms with Gasteiger partial charge in [0, 0.05) is 24.7 Å². The van der Waals surface area contributed by atoms with Gasteiger partial charge in [0.05, 0.1) is 4.90 Å². The smallest absolute Gasteiger partial charge is 0.243 e. The number of rotatable bonds is 4. The molecule has 120 valence electrons. The Hall–Kier alpha value is -1.40. The van der Waals surface area contributed by atoms with E-state index in [1.54, 1.807) is 24.3 Å². The third kappa shape index (κ3) is 3.17. The van der Waals surface area contributed by atoms with Gasteiger partial charge in [-0.2, -0.15) is 4.31 Å². The van der Waals surface area contributed by atoms with Crippen molar-refractivity contribution in [3.8, 4) is 0 Å². The predicted octanol–water partition coefficient (Wildman–Crippen LogP) is 2.60. The van der Waals surface area contributed by atoms with E-state index in [-0.39, 0.29) is 16.7 Å². The summed E-state index contributed by atoms with van der Waals surface area (Å²) in [6, 6.07) is 6.60. The summed E-state index contributed by atoms with van der Waals surface area (Å²) in [5.41, 5.74) is 0.567. The highest BCUT2D eigenvalue weighted by molar-refractivity contribution is 7.89. The second kappa shape index (κ2) is 6.38. The average Bonchev–Trinajstić information content (AvgIpc) is 3.21. The highest BCUT2D eigenvalue weighted by Gasteiger charge is 2.28. The molecule has 1 saturated carbocycles. The second-order valence-electron chi connectivity index (χ2n) is 6.11. The fourth-order valence-electron chi connectivity index (χ4n) is 3.24. The van der Waals surface area contributed by atoms with E-state index in [0.29, 0.717) is 18.8 Å². The van der Waals surface area contributed by atoms with Crippen LogP contribution in [0, 0.1) is 5.92 Å². The van der Waals surface area contributed by atoms with Crippen molar-refractivity contribution in [3.05, 3.63) is 24.3 Å². The molecule has 2 fully saturated rings. The van der Waals surface area contributed by atoms with Gasteiger partial charge >= 0.3 is 0 Å². The lowest BCUT2D eigenvalue weighted by atomic mass is 10.1. The summed E-state index contributed by atoms with van der Waals surface area (Å²) in [7, 11) is -3.43. The van der Waals surface area contributed by atoms with Crippen LogP contribution < -0.4 is 5.32 Å². The minimum atomic E-state index is -3.43. The second-order valence-corrected chi connectivity index (χ2v) is 8.05. The van der Waals surface area contributed by atoms with Crippen LogP contribution >= 0.6 is 0 Å². The van der Waals surface area contributed by atoms with Crippen molar-refractivity contribution < 1.29 is 13.2 Å². The third-order valence-corrected chi connectivity index (χ3v) is 6.42. The first-order valence-electron chi connectivity index (χ1n) is 7.98. The number of benzene rings is 1. The number of carbonyl (C=O) groups excluding carboxylic acids is 1. The maximum atomic E-state index is 12.5. The van der Waals surface area contributed by atoms with Gasteiger partial charge in [0.25, 0.3) is 0 Å². The van der Waals surface area contributed by atoms with Crippen molar-refractivity contribution in [2.24, 2.45) is 5.92 Å².